The fourth-order valence-corrected chi connectivity index (χ4v) is 2.28. The summed E-state index contributed by atoms with van der Waals surface area (Å²) in [6, 6.07) is 11.5. The number of amides is 1. The Balaban J connectivity index is 1.78. The first kappa shape index (κ1) is 19.1. The topological polar surface area (TPSA) is 105 Å². The molecule has 0 aromatic heterocycles. The number of aliphatic carboxylic acids is 1. The van der Waals surface area contributed by atoms with Gasteiger partial charge in [-0.05, 0) is 48.4 Å². The van der Waals surface area contributed by atoms with Gasteiger partial charge in [-0.25, -0.2) is 0 Å². The van der Waals surface area contributed by atoms with E-state index in [1.54, 1.807) is 31.4 Å². The summed E-state index contributed by atoms with van der Waals surface area (Å²) in [6.07, 6.45) is 0.519. The van der Waals surface area contributed by atoms with E-state index < -0.39 is 5.97 Å². The van der Waals surface area contributed by atoms with Crippen LogP contribution in [-0.4, -0.2) is 35.8 Å². The number of aromatic hydroxyl groups is 1. The van der Waals surface area contributed by atoms with E-state index in [1.807, 2.05) is 0 Å². The molecule has 0 fully saturated rings. The number of nitrogens with one attached hydrogen (secondary N) is 1. The molecule has 0 saturated carbocycles. The molecule has 7 nitrogen and oxygen atoms in total. The number of carboxylic acid groups (broad SMARTS) is 1. The van der Waals surface area contributed by atoms with Gasteiger partial charge in [0.1, 0.15) is 17.2 Å². The van der Waals surface area contributed by atoms with Crippen molar-refractivity contribution in [1.82, 2.24) is 0 Å². The first-order valence-corrected chi connectivity index (χ1v) is 8.08. The molecular formula is C19H21NO6. The van der Waals surface area contributed by atoms with Gasteiger partial charge >= 0.3 is 5.97 Å². The van der Waals surface area contributed by atoms with Crippen LogP contribution < -0.4 is 14.8 Å². The molecule has 2 rings (SSSR count). The number of phenols is 1. The first-order valence-electron chi connectivity index (χ1n) is 8.08. The lowest BCUT2D eigenvalue weighted by molar-refractivity contribution is -0.136. The number of benzene rings is 2. The Morgan fingerprint density at radius 3 is 2.42 bits per heavy atom. The molecule has 0 aliphatic heterocycles. The van der Waals surface area contributed by atoms with Gasteiger partial charge in [-0.3, -0.25) is 9.59 Å². The largest absolute Gasteiger partial charge is 0.506 e. The van der Waals surface area contributed by atoms with Crippen molar-refractivity contribution in [1.29, 1.82) is 0 Å². The number of hydrogen-bond donors (Lipinski definition) is 3. The van der Waals surface area contributed by atoms with Crippen LogP contribution in [0, 0.1) is 0 Å². The van der Waals surface area contributed by atoms with E-state index in [0.29, 0.717) is 24.3 Å². The highest BCUT2D eigenvalue weighted by atomic mass is 16.5. The Labute approximate surface area is 151 Å². The van der Waals surface area contributed by atoms with Crippen molar-refractivity contribution in [3.05, 3.63) is 48.0 Å². The summed E-state index contributed by atoms with van der Waals surface area (Å²) in [5.41, 5.74) is 0.693. The Morgan fingerprint density at radius 2 is 1.77 bits per heavy atom. The predicted molar refractivity (Wildman–Crippen MR) is 95.8 cm³/mol. The third kappa shape index (κ3) is 6.01. The number of hydrogen-bond acceptors (Lipinski definition) is 5. The average molecular weight is 359 g/mol. The van der Waals surface area contributed by atoms with Gasteiger partial charge in [-0.2, -0.15) is 0 Å². The smallest absolute Gasteiger partial charge is 0.307 e. The Morgan fingerprint density at radius 1 is 1.08 bits per heavy atom. The first-order chi connectivity index (χ1) is 12.5. The maximum atomic E-state index is 12.0. The third-order valence-corrected chi connectivity index (χ3v) is 3.57. The molecule has 0 bridgehead atoms. The molecule has 0 unspecified atom stereocenters. The number of ether oxygens (including phenoxy) is 2. The second kappa shape index (κ2) is 9.31. The molecule has 0 aliphatic rings. The van der Waals surface area contributed by atoms with Crippen LogP contribution in [0.5, 0.6) is 17.2 Å². The van der Waals surface area contributed by atoms with Gasteiger partial charge in [0.25, 0.3) is 0 Å². The van der Waals surface area contributed by atoms with E-state index in [1.165, 1.54) is 18.2 Å². The molecule has 26 heavy (non-hydrogen) atoms. The number of carbonyl (C=O) groups is 2. The third-order valence-electron chi connectivity index (χ3n) is 3.57. The highest BCUT2D eigenvalue weighted by Gasteiger charge is 2.09. The molecule has 3 N–H and O–H groups in total. The minimum Gasteiger partial charge on any atom is -0.506 e. The van der Waals surface area contributed by atoms with Crippen molar-refractivity contribution in [3.63, 3.8) is 0 Å². The monoisotopic (exact) mass is 359 g/mol. The van der Waals surface area contributed by atoms with Crippen molar-refractivity contribution < 1.29 is 29.3 Å². The second-order valence-electron chi connectivity index (χ2n) is 5.60. The number of carbonyl (C=O) groups excluding carboxylic acids is 1. The van der Waals surface area contributed by atoms with E-state index in [0.717, 1.165) is 5.75 Å². The van der Waals surface area contributed by atoms with E-state index in [9.17, 15) is 14.7 Å². The molecule has 0 atom stereocenters. The number of methoxy groups -OCH3 is 1. The van der Waals surface area contributed by atoms with Gasteiger partial charge in [0.15, 0.2) is 0 Å². The number of phenolic OH excluding ortho intramolecular Hbond substituents is 1. The fourth-order valence-electron chi connectivity index (χ4n) is 2.28. The molecular weight excluding hydrogens is 338 g/mol. The maximum absolute atomic E-state index is 12.0. The molecule has 2 aromatic carbocycles. The van der Waals surface area contributed by atoms with Gasteiger partial charge in [0.05, 0.1) is 25.8 Å². The number of carboxylic acids is 1. The minimum atomic E-state index is -0.983. The zero-order valence-electron chi connectivity index (χ0n) is 14.4. The Hall–Kier alpha value is -3.22. The van der Waals surface area contributed by atoms with E-state index in [2.05, 4.69) is 5.32 Å². The zero-order valence-corrected chi connectivity index (χ0v) is 14.4. The van der Waals surface area contributed by atoms with Gasteiger partial charge in [-0.1, -0.05) is 6.07 Å². The van der Waals surface area contributed by atoms with E-state index in [-0.39, 0.29) is 30.2 Å². The van der Waals surface area contributed by atoms with Crippen molar-refractivity contribution in [2.45, 2.75) is 19.3 Å². The molecule has 138 valence electrons. The lowest BCUT2D eigenvalue weighted by atomic mass is 10.1. The summed E-state index contributed by atoms with van der Waals surface area (Å²) in [6.45, 7) is 0.366. The average Bonchev–Trinajstić information content (AvgIpc) is 2.61. The number of rotatable bonds is 9. The highest BCUT2D eigenvalue weighted by Crippen LogP contribution is 2.25. The SMILES string of the molecule is COc1ccc(OCCCC(=O)Nc2cc(CC(=O)O)ccc2O)cc1. The molecule has 0 radical (unpaired) electrons. The van der Waals surface area contributed by atoms with Crippen LogP contribution in [0.25, 0.3) is 0 Å². The summed E-state index contributed by atoms with van der Waals surface area (Å²) in [5.74, 6) is 0.0450. The maximum Gasteiger partial charge on any atom is 0.307 e. The van der Waals surface area contributed by atoms with Crippen LogP contribution in [0.3, 0.4) is 0 Å². The molecule has 0 spiro atoms. The van der Waals surface area contributed by atoms with Crippen LogP contribution in [0.2, 0.25) is 0 Å². The number of anilines is 1. The van der Waals surface area contributed by atoms with Crippen LogP contribution in [0.4, 0.5) is 5.69 Å². The second-order valence-corrected chi connectivity index (χ2v) is 5.60. The Kier molecular flexibility index (Phi) is 6.84. The Bertz CT molecular complexity index is 757. The summed E-state index contributed by atoms with van der Waals surface area (Å²) in [7, 11) is 1.59. The van der Waals surface area contributed by atoms with Crippen LogP contribution in [0.1, 0.15) is 18.4 Å². The van der Waals surface area contributed by atoms with Crippen molar-refractivity contribution in [3.8, 4) is 17.2 Å². The summed E-state index contributed by atoms with van der Waals surface area (Å²) >= 11 is 0. The quantitative estimate of drug-likeness (QED) is 0.470. The molecule has 1 amide bonds. The van der Waals surface area contributed by atoms with Crippen LogP contribution >= 0.6 is 0 Å². The zero-order chi connectivity index (χ0) is 18.9. The van der Waals surface area contributed by atoms with Crippen molar-refractivity contribution in [2.24, 2.45) is 0 Å². The lowest BCUT2D eigenvalue weighted by Crippen LogP contribution is -2.13. The van der Waals surface area contributed by atoms with E-state index >= 15 is 0 Å². The molecule has 7 heteroatoms. The molecule has 0 saturated heterocycles. The normalized spacial score (nSPS) is 10.2. The minimum absolute atomic E-state index is 0.109. The van der Waals surface area contributed by atoms with Gasteiger partial charge in [0.2, 0.25) is 5.91 Å². The summed E-state index contributed by atoms with van der Waals surface area (Å²) in [5, 5.41) is 21.2. The van der Waals surface area contributed by atoms with Crippen LogP contribution in [-0.2, 0) is 16.0 Å². The van der Waals surface area contributed by atoms with Gasteiger partial charge in [-0.15, -0.1) is 0 Å². The predicted octanol–water partition coefficient (Wildman–Crippen LogP) is 2.83. The molecule has 0 heterocycles. The summed E-state index contributed by atoms with van der Waals surface area (Å²) < 4.78 is 10.6. The summed E-state index contributed by atoms with van der Waals surface area (Å²) in [4.78, 5) is 22.7. The fraction of sp³-hybridized carbons (Fsp3) is 0.263. The van der Waals surface area contributed by atoms with Crippen LogP contribution in [0.15, 0.2) is 42.5 Å². The van der Waals surface area contributed by atoms with Gasteiger partial charge in [0, 0.05) is 6.42 Å². The highest BCUT2D eigenvalue weighted by molar-refractivity contribution is 5.92. The van der Waals surface area contributed by atoms with Crippen molar-refractivity contribution >= 4 is 17.6 Å². The van der Waals surface area contributed by atoms with Gasteiger partial charge < -0.3 is 25.0 Å². The van der Waals surface area contributed by atoms with E-state index in [4.69, 9.17) is 14.6 Å². The lowest BCUT2D eigenvalue weighted by Gasteiger charge is -2.10. The standard InChI is InChI=1S/C19H21NO6/c1-25-14-5-7-15(8-6-14)26-10-2-3-18(22)20-16-11-13(12-19(23)24)4-9-17(16)21/h4-9,11,21H,2-3,10,12H2,1H3,(H,20,22)(H,23,24). The van der Waals surface area contributed by atoms with Crippen molar-refractivity contribution in [2.75, 3.05) is 19.0 Å². The molecule has 0 aliphatic carbocycles. The molecule has 2 aromatic rings.